The normalized spacial score (nSPS) is 11.4. The Morgan fingerprint density at radius 2 is 1.68 bits per heavy atom. The van der Waals surface area contributed by atoms with Crippen LogP contribution in [-0.2, 0) is 0 Å². The number of carbonyl (C=O) groups excluding carboxylic acids is 1. The van der Waals surface area contributed by atoms with E-state index in [-0.39, 0.29) is 17.2 Å². The van der Waals surface area contributed by atoms with Gasteiger partial charge in [0.2, 0.25) is 11.7 Å². The van der Waals surface area contributed by atoms with E-state index in [4.69, 9.17) is 16.0 Å². The summed E-state index contributed by atoms with van der Waals surface area (Å²) in [6.07, 6.45) is 0. The number of oxazole rings is 1. The Kier molecular flexibility index (Phi) is 4.64. The molecule has 128 valence electrons. The van der Waals surface area contributed by atoms with Gasteiger partial charge in [-0.25, -0.2) is 4.98 Å². The molecular formula is C20H19ClN2O2. The van der Waals surface area contributed by atoms with Crippen molar-refractivity contribution >= 4 is 17.5 Å². The van der Waals surface area contributed by atoms with E-state index in [2.05, 4.69) is 10.3 Å². The van der Waals surface area contributed by atoms with Crippen molar-refractivity contribution in [3.05, 3.63) is 65.4 Å². The molecule has 1 aromatic heterocycles. The molecule has 0 bridgehead atoms. The van der Waals surface area contributed by atoms with Crippen molar-refractivity contribution in [2.24, 2.45) is 0 Å². The van der Waals surface area contributed by atoms with Crippen molar-refractivity contribution in [1.29, 1.82) is 0 Å². The van der Waals surface area contributed by atoms with Gasteiger partial charge in [-0.15, -0.1) is 0 Å². The summed E-state index contributed by atoms with van der Waals surface area (Å²) in [5.41, 5.74) is 1.57. The average molecular weight is 355 g/mol. The summed E-state index contributed by atoms with van der Waals surface area (Å²) in [6.45, 7) is 5.75. The number of amides is 1. The van der Waals surface area contributed by atoms with Crippen LogP contribution < -0.4 is 5.32 Å². The Balaban J connectivity index is 2.12. The molecule has 0 aliphatic rings. The van der Waals surface area contributed by atoms with E-state index >= 15 is 0 Å². The van der Waals surface area contributed by atoms with Crippen LogP contribution in [0.15, 0.2) is 59.0 Å². The number of aromatic nitrogens is 1. The Labute approximate surface area is 151 Å². The van der Waals surface area contributed by atoms with E-state index in [1.165, 1.54) is 0 Å². The predicted octanol–water partition coefficient (Wildman–Crippen LogP) is 5.19. The van der Waals surface area contributed by atoms with Crippen LogP contribution in [0.4, 0.5) is 0 Å². The number of hydrogen-bond acceptors (Lipinski definition) is 3. The van der Waals surface area contributed by atoms with Crippen molar-refractivity contribution in [2.45, 2.75) is 26.3 Å². The van der Waals surface area contributed by atoms with Crippen molar-refractivity contribution in [3.63, 3.8) is 0 Å². The summed E-state index contributed by atoms with van der Waals surface area (Å²) >= 11 is 6.25. The van der Waals surface area contributed by atoms with Crippen molar-refractivity contribution in [3.8, 4) is 22.7 Å². The Morgan fingerprint density at radius 3 is 2.32 bits per heavy atom. The monoisotopic (exact) mass is 354 g/mol. The fourth-order valence-electron chi connectivity index (χ4n) is 2.41. The molecule has 25 heavy (non-hydrogen) atoms. The third kappa shape index (κ3) is 3.91. The number of benzene rings is 2. The zero-order valence-electron chi connectivity index (χ0n) is 14.3. The number of rotatable bonds is 3. The molecule has 0 spiro atoms. The van der Waals surface area contributed by atoms with E-state index in [1.807, 2.05) is 69.3 Å². The number of hydrogen-bond donors (Lipinski definition) is 1. The first-order chi connectivity index (χ1) is 11.8. The Morgan fingerprint density at radius 1 is 1.04 bits per heavy atom. The minimum absolute atomic E-state index is 0.177. The lowest BCUT2D eigenvalue weighted by Gasteiger charge is -2.19. The Bertz CT molecular complexity index is 896. The second kappa shape index (κ2) is 6.73. The third-order valence-electron chi connectivity index (χ3n) is 3.47. The lowest BCUT2D eigenvalue weighted by molar-refractivity contribution is 0.0893. The van der Waals surface area contributed by atoms with Crippen LogP contribution in [0.3, 0.4) is 0 Å². The maximum absolute atomic E-state index is 12.7. The number of nitrogens with one attached hydrogen (secondary N) is 1. The molecule has 4 nitrogen and oxygen atoms in total. The van der Waals surface area contributed by atoms with Gasteiger partial charge in [0, 0.05) is 11.1 Å². The number of nitrogens with zero attached hydrogens (tertiary/aromatic N) is 1. The molecular weight excluding hydrogens is 336 g/mol. The zero-order chi connectivity index (χ0) is 18.0. The molecule has 0 unspecified atom stereocenters. The smallest absolute Gasteiger partial charge is 0.289 e. The van der Waals surface area contributed by atoms with Crippen LogP contribution in [0, 0.1) is 0 Å². The lowest BCUT2D eigenvalue weighted by atomic mass is 10.1. The highest BCUT2D eigenvalue weighted by Gasteiger charge is 2.25. The summed E-state index contributed by atoms with van der Waals surface area (Å²) in [5, 5.41) is 3.44. The van der Waals surface area contributed by atoms with Crippen LogP contribution in [0.25, 0.3) is 22.7 Å². The van der Waals surface area contributed by atoms with E-state index in [9.17, 15) is 4.79 Å². The largest absolute Gasteiger partial charge is 0.430 e. The fraction of sp³-hybridized carbons (Fsp3) is 0.200. The van der Waals surface area contributed by atoms with Gasteiger partial charge in [-0.2, -0.15) is 0 Å². The third-order valence-corrected chi connectivity index (χ3v) is 3.80. The summed E-state index contributed by atoms with van der Waals surface area (Å²) < 4.78 is 5.84. The van der Waals surface area contributed by atoms with Gasteiger partial charge >= 0.3 is 0 Å². The molecule has 0 aliphatic carbocycles. The van der Waals surface area contributed by atoms with Crippen molar-refractivity contribution in [2.75, 3.05) is 0 Å². The van der Waals surface area contributed by atoms with Crippen LogP contribution in [0.5, 0.6) is 0 Å². The highest BCUT2D eigenvalue weighted by molar-refractivity contribution is 6.33. The molecule has 1 heterocycles. The highest BCUT2D eigenvalue weighted by atomic mass is 35.5. The molecule has 0 fully saturated rings. The summed E-state index contributed by atoms with van der Waals surface area (Å²) in [4.78, 5) is 17.3. The zero-order valence-corrected chi connectivity index (χ0v) is 15.1. The molecule has 5 heteroatoms. The van der Waals surface area contributed by atoms with Crippen molar-refractivity contribution in [1.82, 2.24) is 10.3 Å². The number of carbonyl (C=O) groups is 1. The molecule has 1 amide bonds. The van der Waals surface area contributed by atoms with Gasteiger partial charge in [-0.05, 0) is 32.9 Å². The first-order valence-corrected chi connectivity index (χ1v) is 8.36. The van der Waals surface area contributed by atoms with Gasteiger partial charge in [0.25, 0.3) is 5.91 Å². The molecule has 0 radical (unpaired) electrons. The highest BCUT2D eigenvalue weighted by Crippen LogP contribution is 2.32. The van der Waals surface area contributed by atoms with Crippen LogP contribution >= 0.6 is 11.6 Å². The second-order valence-electron chi connectivity index (χ2n) is 6.75. The van der Waals surface area contributed by atoms with Gasteiger partial charge in [0.15, 0.2) is 0 Å². The Hall–Kier alpha value is -2.59. The van der Waals surface area contributed by atoms with Gasteiger partial charge in [0.05, 0.1) is 10.6 Å². The first kappa shape index (κ1) is 17.2. The standard InChI is InChI=1S/C20H19ClN2O2/c1-20(2,3)23-18(24)17-16(13-9-5-4-6-10-13)22-19(25-17)14-11-7-8-12-15(14)21/h4-12H,1-3H3,(H,23,24). The van der Waals surface area contributed by atoms with E-state index in [1.54, 1.807) is 6.07 Å². The van der Waals surface area contributed by atoms with Gasteiger partial charge in [0.1, 0.15) is 5.69 Å². The molecule has 3 aromatic rings. The van der Waals surface area contributed by atoms with E-state index in [0.717, 1.165) is 5.56 Å². The van der Waals surface area contributed by atoms with Crippen molar-refractivity contribution < 1.29 is 9.21 Å². The van der Waals surface area contributed by atoms with Gasteiger partial charge in [-0.1, -0.05) is 54.1 Å². The maximum Gasteiger partial charge on any atom is 0.289 e. The second-order valence-corrected chi connectivity index (χ2v) is 7.15. The first-order valence-electron chi connectivity index (χ1n) is 7.99. The summed E-state index contributed by atoms with van der Waals surface area (Å²) in [7, 11) is 0. The summed E-state index contributed by atoms with van der Waals surface area (Å²) in [5.74, 6) is 0.191. The topological polar surface area (TPSA) is 55.1 Å². The molecule has 3 rings (SSSR count). The van der Waals surface area contributed by atoms with Crippen LogP contribution in [0.1, 0.15) is 31.3 Å². The molecule has 2 aromatic carbocycles. The average Bonchev–Trinajstić information content (AvgIpc) is 3.00. The molecule has 0 aliphatic heterocycles. The molecule has 0 saturated carbocycles. The maximum atomic E-state index is 12.7. The SMILES string of the molecule is CC(C)(C)NC(=O)c1oc(-c2ccccc2Cl)nc1-c1ccccc1. The number of halogens is 1. The minimum Gasteiger partial charge on any atom is -0.430 e. The quantitative estimate of drug-likeness (QED) is 0.704. The van der Waals surface area contributed by atoms with Gasteiger partial charge in [-0.3, -0.25) is 4.79 Å². The van der Waals surface area contributed by atoms with Crippen LogP contribution in [0.2, 0.25) is 5.02 Å². The lowest BCUT2D eigenvalue weighted by Crippen LogP contribution is -2.40. The fourth-order valence-corrected chi connectivity index (χ4v) is 2.63. The molecule has 1 N–H and O–H groups in total. The minimum atomic E-state index is -0.387. The summed E-state index contributed by atoms with van der Waals surface area (Å²) in [6, 6.07) is 16.7. The molecule has 0 atom stereocenters. The van der Waals surface area contributed by atoms with Crippen LogP contribution in [-0.4, -0.2) is 16.4 Å². The van der Waals surface area contributed by atoms with E-state index in [0.29, 0.717) is 22.2 Å². The van der Waals surface area contributed by atoms with Gasteiger partial charge < -0.3 is 9.73 Å². The molecule has 0 saturated heterocycles. The van der Waals surface area contributed by atoms with E-state index < -0.39 is 0 Å². The predicted molar refractivity (Wildman–Crippen MR) is 99.6 cm³/mol.